The number of amides is 1. The summed E-state index contributed by atoms with van der Waals surface area (Å²) in [6, 6.07) is 7.69. The van der Waals surface area contributed by atoms with Gasteiger partial charge in [-0.25, -0.2) is 4.79 Å². The second-order valence-electron chi connectivity index (χ2n) is 7.72. The Hall–Kier alpha value is -3.73. The van der Waals surface area contributed by atoms with Gasteiger partial charge in [0.2, 0.25) is 5.91 Å². The van der Waals surface area contributed by atoms with E-state index in [9.17, 15) is 39.3 Å². The lowest BCUT2D eigenvalue weighted by molar-refractivity contribution is -0.301. The van der Waals surface area contributed by atoms with Crippen molar-refractivity contribution in [3.63, 3.8) is 0 Å². The summed E-state index contributed by atoms with van der Waals surface area (Å²) in [5.41, 5.74) is 1.10. The van der Waals surface area contributed by atoms with Crippen LogP contribution in [0.1, 0.15) is 38.7 Å². The lowest BCUT2D eigenvalue weighted by atomic mass is 10.0. The Bertz CT molecular complexity index is 886. The van der Waals surface area contributed by atoms with Gasteiger partial charge in [0.05, 0.1) is 24.6 Å². The highest BCUT2D eigenvalue weighted by atomic mass is 16.5. The van der Waals surface area contributed by atoms with Gasteiger partial charge in [-0.05, 0) is 57.2 Å². The molecular formula is C24H30N2O9-2. The topological polar surface area (TPSA) is 176 Å². The Kier molecular flexibility index (Phi) is 12.7. The quantitative estimate of drug-likeness (QED) is 0.278. The van der Waals surface area contributed by atoms with Crippen molar-refractivity contribution in [2.45, 2.75) is 57.7 Å². The van der Waals surface area contributed by atoms with Crippen LogP contribution in [0.5, 0.6) is 0 Å². The number of carbonyl (C=O) groups excluding carboxylic acids is 4. The maximum Gasteiger partial charge on any atom is 0.326 e. The molecule has 1 aromatic carbocycles. The fraction of sp³-hybridized carbons (Fsp3) is 0.458. The van der Waals surface area contributed by atoms with Gasteiger partial charge in [-0.15, -0.1) is 0 Å². The van der Waals surface area contributed by atoms with Crippen LogP contribution in [0.3, 0.4) is 0 Å². The summed E-state index contributed by atoms with van der Waals surface area (Å²) in [5, 5.41) is 31.2. The number of hydrogen-bond donors (Lipinski definition) is 2. The first-order valence-electron chi connectivity index (χ1n) is 11.2. The number of esters is 1. The number of rotatable bonds is 11. The van der Waals surface area contributed by atoms with E-state index in [0.717, 1.165) is 5.56 Å². The van der Waals surface area contributed by atoms with E-state index in [1.54, 1.807) is 13.8 Å². The highest BCUT2D eigenvalue weighted by Gasteiger charge is 2.36. The van der Waals surface area contributed by atoms with E-state index in [2.05, 4.69) is 5.32 Å². The summed E-state index contributed by atoms with van der Waals surface area (Å²) in [6.07, 6.45) is 3.06. The number of carboxylic acids is 3. The number of ether oxygens (including phenoxy) is 1. The van der Waals surface area contributed by atoms with E-state index in [-0.39, 0.29) is 12.5 Å². The van der Waals surface area contributed by atoms with Gasteiger partial charge in [-0.3, -0.25) is 14.9 Å². The minimum absolute atomic E-state index is 0.262. The normalized spacial score (nSPS) is 16.6. The Balaban J connectivity index is 0.000000658. The summed E-state index contributed by atoms with van der Waals surface area (Å²) < 4.78 is 5.14. The number of aryl methyl sites for hydroxylation is 1. The minimum Gasteiger partial charge on any atom is -0.545 e. The first kappa shape index (κ1) is 29.3. The standard InChI is InChI=1S/C20H28N2O5.C4H4O4/c1-3-27-20(26)16(12-11-15-8-5-4-6-9-15)21-14(2)18(23)22-13-7-10-17(22)19(24)25;5-3(6)1-2-4(7)8/h4-6,8-9,14,16-17,21H,3,7,10-13H2,1-2H3,(H,24,25);1-2H,(H,5,6)(H,7,8)/p-2/b;2-1-/t14-,16?,17-;/m0./s1. The van der Waals surface area contributed by atoms with E-state index < -0.39 is 42.0 Å². The smallest absolute Gasteiger partial charge is 0.326 e. The number of aliphatic carboxylic acids is 3. The largest absolute Gasteiger partial charge is 0.545 e. The van der Waals surface area contributed by atoms with Crippen LogP contribution in [0.15, 0.2) is 42.5 Å². The highest BCUT2D eigenvalue weighted by molar-refractivity contribution is 5.88. The highest BCUT2D eigenvalue weighted by Crippen LogP contribution is 2.19. The zero-order valence-corrected chi connectivity index (χ0v) is 19.7. The molecule has 1 aliphatic heterocycles. The molecule has 1 aromatic rings. The van der Waals surface area contributed by atoms with Gasteiger partial charge in [0.15, 0.2) is 0 Å². The van der Waals surface area contributed by atoms with Crippen LogP contribution in [-0.2, 0) is 35.1 Å². The van der Waals surface area contributed by atoms with Crippen molar-refractivity contribution in [2.24, 2.45) is 0 Å². The lowest BCUT2D eigenvalue weighted by Crippen LogP contribution is -2.53. The molecule has 35 heavy (non-hydrogen) atoms. The van der Waals surface area contributed by atoms with Crippen LogP contribution in [-0.4, -0.2) is 71.1 Å². The lowest BCUT2D eigenvalue weighted by Gasteiger charge is -2.27. The third-order valence-corrected chi connectivity index (χ3v) is 5.13. The summed E-state index contributed by atoms with van der Waals surface area (Å²) >= 11 is 0. The maximum atomic E-state index is 12.7. The molecule has 1 heterocycles. The predicted molar refractivity (Wildman–Crippen MR) is 119 cm³/mol. The van der Waals surface area contributed by atoms with E-state index >= 15 is 0 Å². The van der Waals surface area contributed by atoms with Gasteiger partial charge in [0.1, 0.15) is 12.1 Å². The monoisotopic (exact) mass is 490 g/mol. The molecule has 0 aliphatic carbocycles. The second kappa shape index (κ2) is 15.2. The van der Waals surface area contributed by atoms with Gasteiger partial charge in [0, 0.05) is 6.54 Å². The molecule has 2 N–H and O–H groups in total. The molecule has 1 fully saturated rings. The molecular weight excluding hydrogens is 460 g/mol. The van der Waals surface area contributed by atoms with Crippen molar-refractivity contribution in [3.8, 4) is 0 Å². The number of benzene rings is 1. The van der Waals surface area contributed by atoms with E-state index in [0.29, 0.717) is 44.4 Å². The van der Waals surface area contributed by atoms with Gasteiger partial charge >= 0.3 is 11.9 Å². The Labute approximate surface area is 203 Å². The van der Waals surface area contributed by atoms with Crippen molar-refractivity contribution in [1.82, 2.24) is 10.2 Å². The molecule has 0 radical (unpaired) electrons. The Morgan fingerprint density at radius 3 is 2.26 bits per heavy atom. The molecule has 11 nitrogen and oxygen atoms in total. The van der Waals surface area contributed by atoms with Crippen molar-refractivity contribution in [2.75, 3.05) is 13.2 Å². The van der Waals surface area contributed by atoms with Crippen molar-refractivity contribution < 1.29 is 44.0 Å². The minimum atomic E-state index is -1.55. The molecule has 11 heteroatoms. The van der Waals surface area contributed by atoms with Crippen LogP contribution in [0, 0.1) is 0 Å². The van der Waals surface area contributed by atoms with Crippen LogP contribution >= 0.6 is 0 Å². The first-order valence-corrected chi connectivity index (χ1v) is 11.2. The number of hydrogen-bond acceptors (Lipinski definition) is 9. The third-order valence-electron chi connectivity index (χ3n) is 5.13. The van der Waals surface area contributed by atoms with Gasteiger partial charge in [-0.2, -0.15) is 0 Å². The molecule has 1 saturated heterocycles. The summed E-state index contributed by atoms with van der Waals surface area (Å²) in [6.45, 7) is 4.09. The molecule has 2 rings (SSSR count). The number of carboxylic acid groups (broad SMARTS) is 3. The predicted octanol–water partition coefficient (Wildman–Crippen LogP) is -1.35. The number of likely N-dealkylation sites (tertiary alicyclic amines) is 1. The molecule has 192 valence electrons. The molecule has 3 atom stereocenters. The third kappa shape index (κ3) is 10.8. The summed E-state index contributed by atoms with van der Waals surface area (Å²) in [4.78, 5) is 56.6. The molecule has 0 saturated carbocycles. The zero-order valence-electron chi connectivity index (χ0n) is 19.7. The molecule has 0 aromatic heterocycles. The number of nitrogens with one attached hydrogen (secondary N) is 1. The van der Waals surface area contributed by atoms with Crippen molar-refractivity contribution in [3.05, 3.63) is 48.0 Å². The van der Waals surface area contributed by atoms with E-state index in [1.165, 1.54) is 4.90 Å². The average molecular weight is 491 g/mol. The summed E-state index contributed by atoms with van der Waals surface area (Å²) in [7, 11) is 0. The molecule has 1 unspecified atom stereocenters. The maximum absolute atomic E-state index is 12.7. The zero-order chi connectivity index (χ0) is 26.4. The van der Waals surface area contributed by atoms with Crippen LogP contribution in [0.4, 0.5) is 0 Å². The van der Waals surface area contributed by atoms with Crippen LogP contribution < -0.4 is 15.5 Å². The fourth-order valence-corrected chi connectivity index (χ4v) is 3.51. The Morgan fingerprint density at radius 2 is 1.74 bits per heavy atom. The average Bonchev–Trinajstić information content (AvgIpc) is 3.31. The van der Waals surface area contributed by atoms with Crippen molar-refractivity contribution >= 4 is 29.8 Å². The first-order chi connectivity index (χ1) is 16.6. The van der Waals surface area contributed by atoms with Crippen molar-refractivity contribution in [1.29, 1.82) is 0 Å². The molecule has 1 amide bonds. The fourth-order valence-electron chi connectivity index (χ4n) is 3.51. The summed E-state index contributed by atoms with van der Waals surface area (Å²) in [5.74, 6) is -4.78. The molecule has 0 spiro atoms. The second-order valence-corrected chi connectivity index (χ2v) is 7.72. The van der Waals surface area contributed by atoms with Crippen LogP contribution in [0.2, 0.25) is 0 Å². The van der Waals surface area contributed by atoms with Gasteiger partial charge < -0.3 is 34.5 Å². The SMILES string of the molecule is CCOC(=O)C(CCc1ccccc1)N[C@@H](C)C(=O)N1CCC[C@H]1C(=O)O.O=C([O-])/C=C\C(=O)[O-]. The Morgan fingerprint density at radius 1 is 1.14 bits per heavy atom. The molecule has 1 aliphatic rings. The van der Waals surface area contributed by atoms with E-state index in [1.807, 2.05) is 30.3 Å². The van der Waals surface area contributed by atoms with Gasteiger partial charge in [-0.1, -0.05) is 30.3 Å². The van der Waals surface area contributed by atoms with E-state index in [4.69, 9.17) is 4.74 Å². The van der Waals surface area contributed by atoms with Gasteiger partial charge in [0.25, 0.3) is 0 Å². The molecule has 0 bridgehead atoms. The number of carbonyl (C=O) groups is 5. The van der Waals surface area contributed by atoms with Crippen LogP contribution in [0.25, 0.3) is 0 Å². The number of nitrogens with zero attached hydrogens (tertiary/aromatic N) is 1.